The van der Waals surface area contributed by atoms with Crippen LogP contribution in [0.2, 0.25) is 0 Å². The van der Waals surface area contributed by atoms with E-state index in [1.807, 2.05) is 31.2 Å². The molecule has 2 atom stereocenters. The van der Waals surface area contributed by atoms with Gasteiger partial charge in [0.15, 0.2) is 0 Å². The van der Waals surface area contributed by atoms with Crippen LogP contribution in [0.1, 0.15) is 12.0 Å². The Morgan fingerprint density at radius 2 is 2.14 bits per heavy atom. The van der Waals surface area contributed by atoms with Gasteiger partial charge >= 0.3 is 5.97 Å². The molecule has 0 spiro atoms. The lowest BCUT2D eigenvalue weighted by Gasteiger charge is -2.27. The average molecular weight is 292 g/mol. The molecule has 1 heterocycles. The maximum absolute atomic E-state index is 11.8. The summed E-state index contributed by atoms with van der Waals surface area (Å²) in [6.45, 7) is 2.86. The van der Waals surface area contributed by atoms with Crippen LogP contribution in [0.3, 0.4) is 0 Å². The molecule has 6 nitrogen and oxygen atoms in total. The number of carbonyl (C=O) groups is 2. The minimum absolute atomic E-state index is 0.0764. The number of aryl methyl sites for hydroxylation is 1. The third kappa shape index (κ3) is 4.54. The number of hydrogen-bond acceptors (Lipinski definition) is 4. The second-order valence-electron chi connectivity index (χ2n) is 5.23. The molecule has 6 heteroatoms. The van der Waals surface area contributed by atoms with E-state index < -0.39 is 11.9 Å². The molecule has 1 aromatic rings. The Kier molecular flexibility index (Phi) is 5.30. The van der Waals surface area contributed by atoms with Crippen molar-refractivity contribution in [2.45, 2.75) is 19.4 Å². The molecule has 0 radical (unpaired) electrons. The van der Waals surface area contributed by atoms with E-state index in [-0.39, 0.29) is 18.6 Å². The number of hydrogen-bond donors (Lipinski definition) is 3. The van der Waals surface area contributed by atoms with Crippen molar-refractivity contribution in [1.82, 2.24) is 5.32 Å². The van der Waals surface area contributed by atoms with Gasteiger partial charge in [0.2, 0.25) is 5.91 Å². The highest BCUT2D eigenvalue weighted by atomic mass is 16.5. The number of carboxylic acids is 1. The lowest BCUT2D eigenvalue weighted by molar-refractivity contribution is -0.144. The number of rotatable bonds is 5. The summed E-state index contributed by atoms with van der Waals surface area (Å²) in [5.74, 6) is -1.52. The van der Waals surface area contributed by atoms with Crippen molar-refractivity contribution < 1.29 is 19.4 Å². The van der Waals surface area contributed by atoms with Crippen LogP contribution in [0.25, 0.3) is 0 Å². The number of anilines is 1. The maximum Gasteiger partial charge on any atom is 0.307 e. The number of nitrogens with one attached hydrogen (secondary N) is 2. The van der Waals surface area contributed by atoms with Gasteiger partial charge in [-0.25, -0.2) is 0 Å². The summed E-state index contributed by atoms with van der Waals surface area (Å²) in [7, 11) is 0. The fourth-order valence-corrected chi connectivity index (χ4v) is 2.31. The monoisotopic (exact) mass is 292 g/mol. The van der Waals surface area contributed by atoms with E-state index in [9.17, 15) is 9.59 Å². The van der Waals surface area contributed by atoms with Crippen molar-refractivity contribution in [3.05, 3.63) is 29.8 Å². The van der Waals surface area contributed by atoms with Crippen LogP contribution >= 0.6 is 0 Å². The van der Waals surface area contributed by atoms with Crippen LogP contribution in [0.15, 0.2) is 24.3 Å². The molecular weight excluding hydrogens is 272 g/mol. The molecule has 0 aromatic heterocycles. The first kappa shape index (κ1) is 15.5. The standard InChI is InChI=1S/C15H20N2O4/c1-10-4-2-3-5-13(10)17-14(18)9-21-12-6-11(15(19)20)7-16-8-12/h2-5,11-12,16H,6-9H2,1H3,(H,17,18)(H,19,20). The van der Waals surface area contributed by atoms with E-state index in [0.29, 0.717) is 19.5 Å². The van der Waals surface area contributed by atoms with Gasteiger partial charge in [-0.1, -0.05) is 18.2 Å². The highest BCUT2D eigenvalue weighted by molar-refractivity contribution is 5.92. The van der Waals surface area contributed by atoms with E-state index in [1.165, 1.54) is 0 Å². The zero-order chi connectivity index (χ0) is 15.2. The van der Waals surface area contributed by atoms with Crippen molar-refractivity contribution >= 4 is 17.6 Å². The summed E-state index contributed by atoms with van der Waals surface area (Å²) < 4.78 is 5.50. The van der Waals surface area contributed by atoms with Crippen molar-refractivity contribution in [1.29, 1.82) is 0 Å². The van der Waals surface area contributed by atoms with Gasteiger partial charge in [0.05, 0.1) is 12.0 Å². The minimum Gasteiger partial charge on any atom is -0.481 e. The molecule has 1 aliphatic rings. The topological polar surface area (TPSA) is 87.7 Å². The van der Waals surface area contributed by atoms with Gasteiger partial charge in [-0.05, 0) is 25.0 Å². The summed E-state index contributed by atoms with van der Waals surface area (Å²) in [6.07, 6.45) is 0.183. The van der Waals surface area contributed by atoms with Crippen LogP contribution in [0, 0.1) is 12.8 Å². The minimum atomic E-state index is -0.833. The van der Waals surface area contributed by atoms with E-state index in [4.69, 9.17) is 9.84 Å². The largest absolute Gasteiger partial charge is 0.481 e. The zero-order valence-electron chi connectivity index (χ0n) is 12.0. The average Bonchev–Trinajstić information content (AvgIpc) is 2.48. The molecular formula is C15H20N2O4. The van der Waals surface area contributed by atoms with Crippen molar-refractivity contribution in [3.63, 3.8) is 0 Å². The molecule has 0 aliphatic carbocycles. The number of aliphatic carboxylic acids is 1. The van der Waals surface area contributed by atoms with Gasteiger partial charge in [-0.15, -0.1) is 0 Å². The number of ether oxygens (including phenoxy) is 1. The van der Waals surface area contributed by atoms with Crippen molar-refractivity contribution in [3.8, 4) is 0 Å². The van der Waals surface area contributed by atoms with Crippen LogP contribution in [-0.2, 0) is 14.3 Å². The molecule has 2 rings (SSSR count). The van der Waals surface area contributed by atoms with Gasteiger partial charge in [0, 0.05) is 18.8 Å². The number of benzene rings is 1. The van der Waals surface area contributed by atoms with Gasteiger partial charge in [-0.3, -0.25) is 9.59 Å². The fraction of sp³-hybridized carbons (Fsp3) is 0.467. The highest BCUT2D eigenvalue weighted by Crippen LogP contribution is 2.15. The second kappa shape index (κ2) is 7.19. The van der Waals surface area contributed by atoms with Crippen LogP contribution in [-0.4, -0.2) is 42.8 Å². The first-order chi connectivity index (χ1) is 10.1. The molecule has 1 saturated heterocycles. The molecule has 2 unspecified atom stereocenters. The Hall–Kier alpha value is -1.92. The molecule has 1 amide bonds. The second-order valence-corrected chi connectivity index (χ2v) is 5.23. The molecule has 1 fully saturated rings. The Balaban J connectivity index is 1.79. The van der Waals surface area contributed by atoms with Crippen LogP contribution in [0.5, 0.6) is 0 Å². The number of amides is 1. The Morgan fingerprint density at radius 3 is 2.86 bits per heavy atom. The predicted octanol–water partition coefficient (Wildman–Crippen LogP) is 1.01. The van der Waals surface area contributed by atoms with Crippen molar-refractivity contribution in [2.75, 3.05) is 25.0 Å². The molecule has 114 valence electrons. The van der Waals surface area contributed by atoms with Gasteiger partial charge in [-0.2, -0.15) is 0 Å². The summed E-state index contributed by atoms with van der Waals surface area (Å²) >= 11 is 0. The lowest BCUT2D eigenvalue weighted by Crippen LogP contribution is -2.44. The smallest absolute Gasteiger partial charge is 0.307 e. The molecule has 0 bridgehead atoms. The SMILES string of the molecule is Cc1ccccc1NC(=O)COC1CNCC(C(=O)O)C1. The number of piperidine rings is 1. The maximum atomic E-state index is 11.8. The zero-order valence-corrected chi connectivity index (χ0v) is 12.0. The molecule has 1 aliphatic heterocycles. The highest BCUT2D eigenvalue weighted by Gasteiger charge is 2.27. The quantitative estimate of drug-likeness (QED) is 0.754. The van der Waals surface area contributed by atoms with E-state index in [2.05, 4.69) is 10.6 Å². The van der Waals surface area contributed by atoms with E-state index >= 15 is 0 Å². The summed E-state index contributed by atoms with van der Waals surface area (Å²) in [6, 6.07) is 7.50. The van der Waals surface area contributed by atoms with Crippen LogP contribution in [0.4, 0.5) is 5.69 Å². The summed E-state index contributed by atoms with van der Waals surface area (Å²) in [5, 5.41) is 14.8. The Morgan fingerprint density at radius 1 is 1.38 bits per heavy atom. The summed E-state index contributed by atoms with van der Waals surface area (Å²) in [5.41, 5.74) is 1.74. The third-order valence-corrected chi connectivity index (χ3v) is 3.53. The fourth-order valence-electron chi connectivity index (χ4n) is 2.31. The van der Waals surface area contributed by atoms with Gasteiger partial charge in [0.25, 0.3) is 0 Å². The lowest BCUT2D eigenvalue weighted by atomic mass is 9.98. The molecule has 0 saturated carbocycles. The third-order valence-electron chi connectivity index (χ3n) is 3.53. The van der Waals surface area contributed by atoms with Gasteiger partial charge < -0.3 is 20.5 Å². The first-order valence-electron chi connectivity index (χ1n) is 6.97. The van der Waals surface area contributed by atoms with E-state index in [1.54, 1.807) is 0 Å². The first-order valence-corrected chi connectivity index (χ1v) is 6.97. The predicted molar refractivity (Wildman–Crippen MR) is 78.2 cm³/mol. The van der Waals surface area contributed by atoms with Crippen molar-refractivity contribution in [2.24, 2.45) is 5.92 Å². The number of carboxylic acid groups (broad SMARTS) is 1. The van der Waals surface area contributed by atoms with Crippen LogP contribution < -0.4 is 10.6 Å². The Labute approximate surface area is 123 Å². The molecule has 3 N–H and O–H groups in total. The van der Waals surface area contributed by atoms with Gasteiger partial charge in [0.1, 0.15) is 6.61 Å². The molecule has 21 heavy (non-hydrogen) atoms. The Bertz CT molecular complexity index is 518. The number of carbonyl (C=O) groups excluding carboxylic acids is 1. The number of para-hydroxylation sites is 1. The molecule has 1 aromatic carbocycles. The normalized spacial score (nSPS) is 21.8. The van der Waals surface area contributed by atoms with E-state index in [0.717, 1.165) is 11.3 Å². The summed E-state index contributed by atoms with van der Waals surface area (Å²) in [4.78, 5) is 22.8.